The van der Waals surface area contributed by atoms with E-state index >= 15 is 0 Å². The van der Waals surface area contributed by atoms with Gasteiger partial charge in [-0.2, -0.15) is 0 Å². The van der Waals surface area contributed by atoms with E-state index < -0.39 is 0 Å². The summed E-state index contributed by atoms with van der Waals surface area (Å²) >= 11 is 0. The third-order valence-corrected chi connectivity index (χ3v) is 2.84. The highest BCUT2D eigenvalue weighted by Crippen LogP contribution is 2.13. The van der Waals surface area contributed by atoms with Crippen molar-refractivity contribution in [1.82, 2.24) is 9.97 Å². The van der Waals surface area contributed by atoms with E-state index in [9.17, 15) is 0 Å². The molecular formula is C14H18N4. The third kappa shape index (κ3) is 2.97. The monoisotopic (exact) mass is 242 g/mol. The lowest BCUT2D eigenvalue weighted by molar-refractivity contribution is 1.05. The summed E-state index contributed by atoms with van der Waals surface area (Å²) in [5, 5.41) is 3.35. The van der Waals surface area contributed by atoms with Crippen molar-refractivity contribution in [1.29, 1.82) is 0 Å². The summed E-state index contributed by atoms with van der Waals surface area (Å²) in [5.41, 5.74) is 3.47. The van der Waals surface area contributed by atoms with Gasteiger partial charge in [-0.15, -0.1) is 0 Å². The molecular weight excluding hydrogens is 224 g/mol. The lowest BCUT2D eigenvalue weighted by Crippen LogP contribution is -2.10. The average molecular weight is 242 g/mol. The van der Waals surface area contributed by atoms with Crippen molar-refractivity contribution in [2.45, 2.75) is 13.5 Å². The van der Waals surface area contributed by atoms with E-state index in [4.69, 9.17) is 0 Å². The van der Waals surface area contributed by atoms with Crippen LogP contribution in [0.2, 0.25) is 0 Å². The first-order valence-corrected chi connectivity index (χ1v) is 5.93. The second-order valence-electron chi connectivity index (χ2n) is 4.46. The van der Waals surface area contributed by atoms with Crippen LogP contribution in [0.4, 0.5) is 11.5 Å². The van der Waals surface area contributed by atoms with Crippen molar-refractivity contribution in [3.8, 4) is 0 Å². The topological polar surface area (TPSA) is 41.1 Å². The van der Waals surface area contributed by atoms with E-state index in [1.54, 1.807) is 0 Å². The van der Waals surface area contributed by atoms with Crippen LogP contribution in [-0.4, -0.2) is 24.1 Å². The molecule has 0 fully saturated rings. The zero-order valence-corrected chi connectivity index (χ0v) is 11.0. The van der Waals surface area contributed by atoms with Gasteiger partial charge in [0.2, 0.25) is 0 Å². The van der Waals surface area contributed by atoms with Gasteiger partial charge in [-0.3, -0.25) is 4.98 Å². The number of nitrogens with one attached hydrogen (secondary N) is 1. The van der Waals surface area contributed by atoms with Gasteiger partial charge >= 0.3 is 0 Å². The molecule has 0 saturated heterocycles. The molecule has 0 atom stereocenters. The quantitative estimate of drug-likeness (QED) is 0.894. The van der Waals surface area contributed by atoms with Crippen molar-refractivity contribution < 1.29 is 0 Å². The van der Waals surface area contributed by atoms with E-state index in [2.05, 4.69) is 22.2 Å². The number of rotatable bonds is 4. The Labute approximate surface area is 108 Å². The van der Waals surface area contributed by atoms with Crippen molar-refractivity contribution >= 4 is 11.5 Å². The number of anilines is 2. The minimum absolute atomic E-state index is 0.767. The molecule has 0 aliphatic rings. The summed E-state index contributed by atoms with van der Waals surface area (Å²) in [5.74, 6) is 0.957. The van der Waals surface area contributed by atoms with Crippen LogP contribution in [-0.2, 0) is 6.54 Å². The summed E-state index contributed by atoms with van der Waals surface area (Å²) in [6.07, 6.45) is 5.55. The predicted octanol–water partition coefficient (Wildman–Crippen LogP) is 2.46. The molecule has 2 rings (SSSR count). The molecule has 0 radical (unpaired) electrons. The summed E-state index contributed by atoms with van der Waals surface area (Å²) in [7, 11) is 3.96. The molecule has 0 spiro atoms. The Balaban J connectivity index is 2.00. The summed E-state index contributed by atoms with van der Waals surface area (Å²) in [4.78, 5) is 10.5. The predicted molar refractivity (Wildman–Crippen MR) is 74.9 cm³/mol. The number of aryl methyl sites for hydroxylation is 1. The molecule has 4 nitrogen and oxygen atoms in total. The fraction of sp³-hybridized carbons (Fsp3) is 0.286. The molecule has 2 aromatic heterocycles. The standard InChI is InChI=1S/C14H18N4/c1-11-6-7-15-8-12(11)9-16-13-4-5-14(17-10-13)18(2)3/h4-8,10,16H,9H2,1-3H3. The molecule has 94 valence electrons. The zero-order valence-electron chi connectivity index (χ0n) is 11.0. The Bertz CT molecular complexity index is 505. The lowest BCUT2D eigenvalue weighted by atomic mass is 10.1. The number of hydrogen-bond acceptors (Lipinski definition) is 4. The van der Waals surface area contributed by atoms with Crippen molar-refractivity contribution in [3.63, 3.8) is 0 Å². The first-order chi connectivity index (χ1) is 8.66. The molecule has 2 heterocycles. The molecule has 1 N–H and O–H groups in total. The lowest BCUT2D eigenvalue weighted by Gasteiger charge is -2.12. The van der Waals surface area contributed by atoms with Gasteiger partial charge in [0, 0.05) is 33.0 Å². The van der Waals surface area contributed by atoms with Crippen LogP contribution in [0.15, 0.2) is 36.8 Å². The van der Waals surface area contributed by atoms with E-state index in [0.29, 0.717) is 0 Å². The molecule has 0 aliphatic heterocycles. The summed E-state index contributed by atoms with van der Waals surface area (Å²) < 4.78 is 0. The van der Waals surface area contributed by atoms with E-state index in [0.717, 1.165) is 18.1 Å². The number of aromatic nitrogens is 2. The van der Waals surface area contributed by atoms with Gasteiger partial charge in [0.05, 0.1) is 11.9 Å². The SMILES string of the molecule is Cc1ccncc1CNc1ccc(N(C)C)nc1. The molecule has 0 aromatic carbocycles. The minimum Gasteiger partial charge on any atom is -0.380 e. The molecule has 18 heavy (non-hydrogen) atoms. The van der Waals surface area contributed by atoms with E-state index in [1.165, 1.54) is 11.1 Å². The van der Waals surface area contributed by atoms with Crippen LogP contribution in [0, 0.1) is 6.92 Å². The third-order valence-electron chi connectivity index (χ3n) is 2.84. The van der Waals surface area contributed by atoms with Crippen LogP contribution in [0.25, 0.3) is 0 Å². The highest BCUT2D eigenvalue weighted by Gasteiger charge is 1.99. The van der Waals surface area contributed by atoms with Gasteiger partial charge in [-0.1, -0.05) is 0 Å². The minimum atomic E-state index is 0.767. The van der Waals surface area contributed by atoms with Gasteiger partial charge in [0.25, 0.3) is 0 Å². The van der Waals surface area contributed by atoms with Crippen LogP contribution < -0.4 is 10.2 Å². The van der Waals surface area contributed by atoms with Crippen molar-refractivity contribution in [2.75, 3.05) is 24.3 Å². The second-order valence-corrected chi connectivity index (χ2v) is 4.46. The molecule has 0 unspecified atom stereocenters. The van der Waals surface area contributed by atoms with Gasteiger partial charge in [0.15, 0.2) is 0 Å². The maximum atomic E-state index is 4.36. The first-order valence-electron chi connectivity index (χ1n) is 5.93. The van der Waals surface area contributed by atoms with Crippen LogP contribution in [0.5, 0.6) is 0 Å². The fourth-order valence-electron chi connectivity index (χ4n) is 1.63. The Hall–Kier alpha value is -2.10. The highest BCUT2D eigenvalue weighted by atomic mass is 15.1. The maximum Gasteiger partial charge on any atom is 0.128 e. The zero-order chi connectivity index (χ0) is 13.0. The summed E-state index contributed by atoms with van der Waals surface area (Å²) in [6, 6.07) is 6.05. The highest BCUT2D eigenvalue weighted by molar-refractivity contribution is 5.48. The Morgan fingerprint density at radius 1 is 1.17 bits per heavy atom. The summed E-state index contributed by atoms with van der Waals surface area (Å²) in [6.45, 7) is 2.86. The van der Waals surface area contributed by atoms with E-state index in [-0.39, 0.29) is 0 Å². The Morgan fingerprint density at radius 2 is 2.00 bits per heavy atom. The van der Waals surface area contributed by atoms with E-state index in [1.807, 2.05) is 55.8 Å². The number of pyridine rings is 2. The smallest absolute Gasteiger partial charge is 0.128 e. The second kappa shape index (κ2) is 5.49. The number of hydrogen-bond donors (Lipinski definition) is 1. The molecule has 0 bridgehead atoms. The Morgan fingerprint density at radius 3 is 2.61 bits per heavy atom. The van der Waals surface area contributed by atoms with Gasteiger partial charge in [-0.25, -0.2) is 4.98 Å². The fourth-order valence-corrected chi connectivity index (χ4v) is 1.63. The number of nitrogens with zero attached hydrogens (tertiary/aromatic N) is 3. The maximum absolute atomic E-state index is 4.36. The molecule has 0 amide bonds. The van der Waals surface area contributed by atoms with Gasteiger partial charge < -0.3 is 10.2 Å². The van der Waals surface area contributed by atoms with Crippen LogP contribution in [0.1, 0.15) is 11.1 Å². The molecule has 0 saturated carbocycles. The van der Waals surface area contributed by atoms with Gasteiger partial charge in [-0.05, 0) is 36.2 Å². The molecule has 0 aliphatic carbocycles. The van der Waals surface area contributed by atoms with Gasteiger partial charge in [0.1, 0.15) is 5.82 Å². The van der Waals surface area contributed by atoms with Crippen LogP contribution in [0.3, 0.4) is 0 Å². The Kier molecular flexibility index (Phi) is 3.77. The van der Waals surface area contributed by atoms with Crippen molar-refractivity contribution in [2.24, 2.45) is 0 Å². The molecule has 4 heteroatoms. The molecule has 2 aromatic rings. The normalized spacial score (nSPS) is 10.2. The average Bonchev–Trinajstić information content (AvgIpc) is 2.38. The first kappa shape index (κ1) is 12.4. The van der Waals surface area contributed by atoms with Crippen LogP contribution >= 0.6 is 0 Å². The largest absolute Gasteiger partial charge is 0.380 e. The van der Waals surface area contributed by atoms with Crippen molar-refractivity contribution in [3.05, 3.63) is 47.9 Å².